The van der Waals surface area contributed by atoms with Crippen molar-refractivity contribution in [1.29, 1.82) is 0 Å². The van der Waals surface area contributed by atoms with Crippen LogP contribution in [0.15, 0.2) is 24.3 Å². The predicted octanol–water partition coefficient (Wildman–Crippen LogP) is 2.70. The highest BCUT2D eigenvalue weighted by molar-refractivity contribution is 7.92. The fourth-order valence-electron chi connectivity index (χ4n) is 2.48. The molecular weight excluding hydrogens is 286 g/mol. The lowest BCUT2D eigenvalue weighted by molar-refractivity contribution is 0.0657. The van der Waals surface area contributed by atoms with E-state index in [0.717, 1.165) is 17.7 Å². The van der Waals surface area contributed by atoms with E-state index in [9.17, 15) is 8.42 Å². The summed E-state index contributed by atoms with van der Waals surface area (Å²) in [7, 11) is -3.10. The standard InChI is InChI=1S/C16H25NO3S/c1-15(2)10-13(12-8-6-7-9-14(12)20-15)17-11-16(3,4)21(5,18)19/h6-9,13,17H,10-11H2,1-5H3. The SMILES string of the molecule is CC1(C)CC(NCC(C)(C)S(C)(=O)=O)c2ccccc2O1. The smallest absolute Gasteiger partial charge is 0.153 e. The number of nitrogens with one attached hydrogen (secondary N) is 1. The molecule has 0 radical (unpaired) electrons. The van der Waals surface area contributed by atoms with Crippen LogP contribution in [0.2, 0.25) is 0 Å². The zero-order chi connectivity index (χ0) is 15.9. The third-order valence-corrected chi connectivity index (χ3v) is 6.31. The van der Waals surface area contributed by atoms with Crippen molar-refractivity contribution in [2.45, 2.75) is 50.5 Å². The van der Waals surface area contributed by atoms with Gasteiger partial charge in [0.05, 0.1) is 4.75 Å². The first-order valence-corrected chi connectivity index (χ1v) is 9.12. The van der Waals surface area contributed by atoms with Gasteiger partial charge < -0.3 is 10.1 Å². The lowest BCUT2D eigenvalue weighted by atomic mass is 9.89. The zero-order valence-electron chi connectivity index (χ0n) is 13.4. The molecule has 0 amide bonds. The van der Waals surface area contributed by atoms with Crippen LogP contribution in [-0.2, 0) is 9.84 Å². The molecule has 1 aromatic rings. The Balaban J connectivity index is 2.21. The van der Waals surface area contributed by atoms with Gasteiger partial charge >= 0.3 is 0 Å². The Morgan fingerprint density at radius 1 is 1.33 bits per heavy atom. The molecule has 0 bridgehead atoms. The largest absolute Gasteiger partial charge is 0.487 e. The van der Waals surface area contributed by atoms with Crippen LogP contribution in [0.25, 0.3) is 0 Å². The molecule has 118 valence electrons. The number of sulfone groups is 1. The second-order valence-corrected chi connectivity index (χ2v) is 9.72. The van der Waals surface area contributed by atoms with Gasteiger partial charge in [-0.1, -0.05) is 18.2 Å². The monoisotopic (exact) mass is 311 g/mol. The van der Waals surface area contributed by atoms with Gasteiger partial charge in [-0.2, -0.15) is 0 Å². The molecule has 0 fully saturated rings. The van der Waals surface area contributed by atoms with E-state index < -0.39 is 14.6 Å². The topological polar surface area (TPSA) is 55.4 Å². The summed E-state index contributed by atoms with van der Waals surface area (Å²) in [5.41, 5.74) is 0.836. The van der Waals surface area contributed by atoms with Crippen LogP contribution in [-0.4, -0.2) is 31.6 Å². The van der Waals surface area contributed by atoms with Crippen LogP contribution in [0.4, 0.5) is 0 Å². The van der Waals surface area contributed by atoms with Gasteiger partial charge in [-0.15, -0.1) is 0 Å². The molecule has 1 unspecified atom stereocenters. The molecule has 0 saturated heterocycles. The number of hydrogen-bond donors (Lipinski definition) is 1. The summed E-state index contributed by atoms with van der Waals surface area (Å²) in [6, 6.07) is 8.04. The minimum atomic E-state index is -3.10. The van der Waals surface area contributed by atoms with E-state index in [1.807, 2.05) is 24.3 Å². The van der Waals surface area contributed by atoms with Crippen molar-refractivity contribution >= 4 is 9.84 Å². The molecule has 2 rings (SSSR count). The van der Waals surface area contributed by atoms with Crippen LogP contribution in [0.3, 0.4) is 0 Å². The molecule has 1 aliphatic heterocycles. The second-order valence-electron chi connectivity index (χ2n) is 7.07. The molecule has 4 nitrogen and oxygen atoms in total. The molecule has 5 heteroatoms. The van der Waals surface area contributed by atoms with Crippen molar-refractivity contribution in [3.63, 3.8) is 0 Å². The van der Waals surface area contributed by atoms with Crippen LogP contribution in [0.1, 0.15) is 45.7 Å². The molecule has 1 heterocycles. The zero-order valence-corrected chi connectivity index (χ0v) is 14.3. The molecule has 1 aromatic carbocycles. The molecule has 0 aromatic heterocycles. The van der Waals surface area contributed by atoms with Crippen molar-refractivity contribution in [3.8, 4) is 5.75 Å². The van der Waals surface area contributed by atoms with Crippen molar-refractivity contribution in [1.82, 2.24) is 5.32 Å². The summed E-state index contributed by atoms with van der Waals surface area (Å²) in [5.74, 6) is 0.878. The molecule has 0 saturated carbocycles. The molecule has 1 N–H and O–H groups in total. The highest BCUT2D eigenvalue weighted by Crippen LogP contribution is 2.39. The molecule has 0 spiro atoms. The predicted molar refractivity (Wildman–Crippen MR) is 85.4 cm³/mol. The van der Waals surface area contributed by atoms with E-state index >= 15 is 0 Å². The van der Waals surface area contributed by atoms with E-state index in [1.165, 1.54) is 6.26 Å². The van der Waals surface area contributed by atoms with E-state index in [4.69, 9.17) is 4.74 Å². The second kappa shape index (κ2) is 5.29. The third kappa shape index (κ3) is 3.58. The number of fused-ring (bicyclic) bond motifs is 1. The van der Waals surface area contributed by atoms with Gasteiger partial charge in [0, 0.05) is 30.8 Å². The number of rotatable bonds is 4. The van der Waals surface area contributed by atoms with Gasteiger partial charge in [0.15, 0.2) is 9.84 Å². The molecule has 0 aliphatic carbocycles. The first kappa shape index (κ1) is 16.3. The van der Waals surface area contributed by atoms with E-state index in [1.54, 1.807) is 13.8 Å². The fraction of sp³-hybridized carbons (Fsp3) is 0.625. The summed E-state index contributed by atoms with van der Waals surface area (Å²) in [4.78, 5) is 0. The average Bonchev–Trinajstić information content (AvgIpc) is 2.33. The minimum Gasteiger partial charge on any atom is -0.487 e. The first-order chi connectivity index (χ1) is 9.52. The highest BCUT2D eigenvalue weighted by atomic mass is 32.2. The summed E-state index contributed by atoms with van der Waals surface area (Å²) in [5, 5.41) is 3.42. The third-order valence-electron chi connectivity index (χ3n) is 4.15. The number of benzene rings is 1. The van der Waals surface area contributed by atoms with Gasteiger partial charge in [-0.25, -0.2) is 8.42 Å². The summed E-state index contributed by atoms with van der Waals surface area (Å²) >= 11 is 0. The van der Waals surface area contributed by atoms with Crippen molar-refractivity contribution < 1.29 is 13.2 Å². The Hall–Kier alpha value is -1.07. The normalized spacial score (nSPS) is 21.5. The summed E-state index contributed by atoms with van der Waals surface area (Å²) in [6.07, 6.45) is 2.10. The Morgan fingerprint density at radius 3 is 2.57 bits per heavy atom. The van der Waals surface area contributed by atoms with Gasteiger partial charge in [-0.3, -0.25) is 0 Å². The van der Waals surface area contributed by atoms with Gasteiger partial charge in [0.25, 0.3) is 0 Å². The van der Waals surface area contributed by atoms with Gasteiger partial charge in [0.1, 0.15) is 11.4 Å². The van der Waals surface area contributed by atoms with Crippen molar-refractivity contribution in [2.75, 3.05) is 12.8 Å². The Kier molecular flexibility index (Phi) is 4.10. The molecule has 21 heavy (non-hydrogen) atoms. The maximum Gasteiger partial charge on any atom is 0.153 e. The Morgan fingerprint density at radius 2 is 1.95 bits per heavy atom. The molecule has 1 atom stereocenters. The minimum absolute atomic E-state index is 0.103. The van der Waals surface area contributed by atoms with E-state index in [0.29, 0.717) is 6.54 Å². The van der Waals surface area contributed by atoms with Crippen LogP contribution in [0.5, 0.6) is 5.75 Å². The highest BCUT2D eigenvalue weighted by Gasteiger charge is 2.36. The van der Waals surface area contributed by atoms with E-state index in [2.05, 4.69) is 19.2 Å². The van der Waals surface area contributed by atoms with Gasteiger partial charge in [-0.05, 0) is 33.8 Å². The summed E-state index contributed by atoms with van der Waals surface area (Å²) in [6.45, 7) is 8.04. The lowest BCUT2D eigenvalue weighted by Crippen LogP contribution is -2.46. The Bertz CT molecular complexity index is 620. The number of hydrogen-bond acceptors (Lipinski definition) is 4. The Labute approximate surface area is 127 Å². The number of para-hydroxylation sites is 1. The lowest BCUT2D eigenvalue weighted by Gasteiger charge is -2.39. The van der Waals surface area contributed by atoms with Crippen LogP contribution in [0, 0.1) is 0 Å². The van der Waals surface area contributed by atoms with Gasteiger partial charge in [0.2, 0.25) is 0 Å². The van der Waals surface area contributed by atoms with Crippen LogP contribution >= 0.6 is 0 Å². The summed E-state index contributed by atoms with van der Waals surface area (Å²) < 4.78 is 28.9. The maximum absolute atomic E-state index is 11.8. The molecular formula is C16H25NO3S. The van der Waals surface area contributed by atoms with E-state index in [-0.39, 0.29) is 11.6 Å². The fourth-order valence-corrected chi connectivity index (χ4v) is 2.83. The first-order valence-electron chi connectivity index (χ1n) is 7.23. The maximum atomic E-state index is 11.8. The van der Waals surface area contributed by atoms with Crippen molar-refractivity contribution in [2.24, 2.45) is 0 Å². The quantitative estimate of drug-likeness (QED) is 0.929. The molecule has 1 aliphatic rings. The van der Waals surface area contributed by atoms with Crippen LogP contribution < -0.4 is 10.1 Å². The van der Waals surface area contributed by atoms with Crippen molar-refractivity contribution in [3.05, 3.63) is 29.8 Å². The number of ether oxygens (including phenoxy) is 1. The average molecular weight is 311 g/mol.